The van der Waals surface area contributed by atoms with Gasteiger partial charge in [-0.1, -0.05) is 60.7 Å². The maximum atomic E-state index is 12.6. The van der Waals surface area contributed by atoms with Gasteiger partial charge in [-0.2, -0.15) is 0 Å². The molecule has 0 aliphatic carbocycles. The van der Waals surface area contributed by atoms with Crippen LogP contribution in [0, 0.1) is 0 Å². The first kappa shape index (κ1) is 17.9. The van der Waals surface area contributed by atoms with Gasteiger partial charge in [0.05, 0.1) is 5.57 Å². The quantitative estimate of drug-likeness (QED) is 0.785. The maximum absolute atomic E-state index is 12.6. The fourth-order valence-electron chi connectivity index (χ4n) is 3.13. The largest absolute Gasteiger partial charge is 0.360 e. The normalized spacial score (nSPS) is 14.6. The van der Waals surface area contributed by atoms with Gasteiger partial charge >= 0.3 is 0 Å². The number of carbonyl (C=O) groups excluding carboxylic acids is 2. The molecule has 0 saturated carbocycles. The van der Waals surface area contributed by atoms with Crippen LogP contribution >= 0.6 is 0 Å². The van der Waals surface area contributed by atoms with Crippen LogP contribution in [0.2, 0.25) is 0 Å². The summed E-state index contributed by atoms with van der Waals surface area (Å²) in [6.45, 7) is 4.74. The highest BCUT2D eigenvalue weighted by atomic mass is 16.2. The third-order valence-corrected chi connectivity index (χ3v) is 4.10. The molecule has 1 aliphatic rings. The van der Waals surface area contributed by atoms with Crippen molar-refractivity contribution in [2.45, 2.75) is 25.9 Å². The topological polar surface area (TPSA) is 75.4 Å². The number of rotatable bonds is 6. The number of hydrogen-bond acceptors (Lipinski definition) is 4. The predicted molar refractivity (Wildman–Crippen MR) is 102 cm³/mol. The van der Waals surface area contributed by atoms with E-state index in [0.29, 0.717) is 24.4 Å². The van der Waals surface area contributed by atoms with Crippen LogP contribution in [0.3, 0.4) is 0 Å². The molecule has 0 radical (unpaired) electrons. The Balaban J connectivity index is 2.08. The van der Waals surface area contributed by atoms with E-state index in [1.165, 1.54) is 0 Å². The van der Waals surface area contributed by atoms with Crippen LogP contribution in [0.1, 0.15) is 25.0 Å². The Morgan fingerprint density at radius 3 is 2.08 bits per heavy atom. The molecule has 2 amide bonds. The monoisotopic (exact) mass is 349 g/mol. The second-order valence-corrected chi connectivity index (χ2v) is 7.20. The van der Waals surface area contributed by atoms with Gasteiger partial charge < -0.3 is 10.6 Å². The highest BCUT2D eigenvalue weighted by molar-refractivity contribution is 6.35. The van der Waals surface area contributed by atoms with Crippen molar-refractivity contribution in [2.75, 3.05) is 6.54 Å². The Kier molecular flexibility index (Phi) is 4.91. The first-order valence-electron chi connectivity index (χ1n) is 8.58. The Labute approximate surface area is 153 Å². The van der Waals surface area contributed by atoms with Gasteiger partial charge in [-0.3, -0.25) is 14.9 Å². The van der Waals surface area contributed by atoms with Crippen LogP contribution in [-0.2, 0) is 16.1 Å². The molecule has 0 unspecified atom stereocenters. The van der Waals surface area contributed by atoms with Gasteiger partial charge in [0.2, 0.25) is 0 Å². The lowest BCUT2D eigenvalue weighted by Crippen LogP contribution is -2.46. The van der Waals surface area contributed by atoms with Gasteiger partial charge in [0.15, 0.2) is 0 Å². The molecule has 2 aromatic carbocycles. The van der Waals surface area contributed by atoms with Gasteiger partial charge in [0.25, 0.3) is 11.8 Å². The van der Waals surface area contributed by atoms with Gasteiger partial charge in [-0.25, -0.2) is 0 Å². The fraction of sp³-hybridized carbons (Fsp3) is 0.238. The summed E-state index contributed by atoms with van der Waals surface area (Å²) in [5.41, 5.74) is 8.25. The molecule has 3 N–H and O–H groups in total. The third-order valence-electron chi connectivity index (χ3n) is 4.10. The summed E-state index contributed by atoms with van der Waals surface area (Å²) in [5.74, 6) is -0.752. The van der Waals surface area contributed by atoms with Crippen LogP contribution in [0.15, 0.2) is 66.4 Å². The van der Waals surface area contributed by atoms with Crippen molar-refractivity contribution in [2.24, 2.45) is 5.73 Å². The van der Waals surface area contributed by atoms with Crippen LogP contribution < -0.4 is 11.1 Å². The zero-order valence-corrected chi connectivity index (χ0v) is 15.0. The van der Waals surface area contributed by atoms with Crippen molar-refractivity contribution < 1.29 is 9.59 Å². The minimum atomic E-state index is -0.532. The molecule has 134 valence electrons. The van der Waals surface area contributed by atoms with Crippen molar-refractivity contribution >= 4 is 17.4 Å². The summed E-state index contributed by atoms with van der Waals surface area (Å²) in [6, 6.07) is 19.1. The first-order valence-corrected chi connectivity index (χ1v) is 8.58. The lowest BCUT2D eigenvalue weighted by molar-refractivity contribution is -0.124. The van der Waals surface area contributed by atoms with E-state index < -0.39 is 5.54 Å². The number of benzene rings is 2. The summed E-state index contributed by atoms with van der Waals surface area (Å²) < 4.78 is 0. The van der Waals surface area contributed by atoms with Gasteiger partial charge in [0.1, 0.15) is 5.70 Å². The minimum absolute atomic E-state index is 0.371. The molecule has 1 heterocycles. The van der Waals surface area contributed by atoms with E-state index in [2.05, 4.69) is 5.32 Å². The maximum Gasteiger partial charge on any atom is 0.275 e. The molecule has 0 atom stereocenters. The Morgan fingerprint density at radius 2 is 1.50 bits per heavy atom. The predicted octanol–water partition coefficient (Wildman–Crippen LogP) is 2.29. The van der Waals surface area contributed by atoms with Crippen LogP contribution in [0.25, 0.3) is 5.57 Å². The second kappa shape index (κ2) is 7.14. The van der Waals surface area contributed by atoms with Crippen molar-refractivity contribution in [3.63, 3.8) is 0 Å². The molecule has 0 fully saturated rings. The first-order chi connectivity index (χ1) is 12.3. The Bertz CT molecular complexity index is 837. The van der Waals surface area contributed by atoms with Gasteiger partial charge in [-0.15, -0.1) is 0 Å². The number of amides is 2. The summed E-state index contributed by atoms with van der Waals surface area (Å²) in [5, 5.41) is 2.43. The summed E-state index contributed by atoms with van der Waals surface area (Å²) in [7, 11) is 0. The molecule has 5 heteroatoms. The molecule has 0 aromatic heterocycles. The van der Waals surface area contributed by atoms with E-state index in [9.17, 15) is 9.59 Å². The summed E-state index contributed by atoms with van der Waals surface area (Å²) in [4.78, 5) is 27.0. The average molecular weight is 349 g/mol. The van der Waals surface area contributed by atoms with Crippen molar-refractivity contribution in [1.82, 2.24) is 10.2 Å². The molecule has 5 nitrogen and oxygen atoms in total. The second-order valence-electron chi connectivity index (χ2n) is 7.20. The average Bonchev–Trinajstić information content (AvgIpc) is 2.89. The highest BCUT2D eigenvalue weighted by Gasteiger charge is 2.36. The molecule has 1 aliphatic heterocycles. The lowest BCUT2D eigenvalue weighted by atomic mass is 10.0. The molecule has 2 aromatic rings. The standard InChI is InChI=1S/C21H23N3O2/c1-21(2,22)14-24(13-15-9-5-3-6-10-15)18-17(19(25)23-20(18)26)16-11-7-4-8-12-16/h3-12H,13-14,22H2,1-2H3,(H,23,25,26). The van der Waals surface area contributed by atoms with E-state index in [4.69, 9.17) is 5.73 Å². The van der Waals surface area contributed by atoms with Crippen LogP contribution in [0.5, 0.6) is 0 Å². The van der Waals surface area contributed by atoms with Crippen molar-refractivity contribution in [1.29, 1.82) is 0 Å². The Morgan fingerprint density at radius 1 is 0.923 bits per heavy atom. The number of hydrogen-bond donors (Lipinski definition) is 2. The number of imide groups is 1. The molecule has 0 bridgehead atoms. The van der Waals surface area contributed by atoms with Gasteiger partial charge in [-0.05, 0) is 25.0 Å². The van der Waals surface area contributed by atoms with E-state index in [0.717, 1.165) is 11.1 Å². The molecule has 3 rings (SSSR count). The smallest absolute Gasteiger partial charge is 0.275 e. The SMILES string of the molecule is CC(C)(N)CN(Cc1ccccc1)C1=C(c2ccccc2)C(=O)NC1=O. The van der Waals surface area contributed by atoms with Crippen molar-refractivity contribution in [3.8, 4) is 0 Å². The van der Waals surface area contributed by atoms with E-state index in [-0.39, 0.29) is 11.8 Å². The minimum Gasteiger partial charge on any atom is -0.360 e. The summed E-state index contributed by atoms with van der Waals surface area (Å²) in [6.07, 6.45) is 0. The van der Waals surface area contributed by atoms with Crippen LogP contribution in [0.4, 0.5) is 0 Å². The number of carbonyl (C=O) groups is 2. The number of nitrogens with zero attached hydrogens (tertiary/aromatic N) is 1. The lowest BCUT2D eigenvalue weighted by Gasteiger charge is -2.32. The molecular weight excluding hydrogens is 326 g/mol. The zero-order chi connectivity index (χ0) is 18.7. The van der Waals surface area contributed by atoms with E-state index >= 15 is 0 Å². The number of nitrogens with two attached hydrogens (primary N) is 1. The van der Waals surface area contributed by atoms with E-state index in [1.807, 2.05) is 79.4 Å². The number of nitrogens with one attached hydrogen (secondary N) is 1. The van der Waals surface area contributed by atoms with E-state index in [1.54, 1.807) is 0 Å². The molecular formula is C21H23N3O2. The molecule has 26 heavy (non-hydrogen) atoms. The molecule has 0 spiro atoms. The fourth-order valence-corrected chi connectivity index (χ4v) is 3.13. The van der Waals surface area contributed by atoms with Gasteiger partial charge in [0, 0.05) is 18.6 Å². The third kappa shape index (κ3) is 4.00. The molecule has 0 saturated heterocycles. The van der Waals surface area contributed by atoms with Crippen molar-refractivity contribution in [3.05, 3.63) is 77.5 Å². The zero-order valence-electron chi connectivity index (χ0n) is 15.0. The Hall–Kier alpha value is -2.92. The summed E-state index contributed by atoms with van der Waals surface area (Å²) >= 11 is 0. The van der Waals surface area contributed by atoms with Crippen LogP contribution in [-0.4, -0.2) is 28.8 Å². The highest BCUT2D eigenvalue weighted by Crippen LogP contribution is 2.28.